The minimum atomic E-state index is -0.936. The van der Waals surface area contributed by atoms with E-state index in [2.05, 4.69) is 6.92 Å². The van der Waals surface area contributed by atoms with Crippen LogP contribution in [-0.4, -0.2) is 22.2 Å². The molecule has 4 heteroatoms. The molecule has 0 amide bonds. The topological polar surface area (TPSA) is 74.6 Å². The van der Waals surface area contributed by atoms with Gasteiger partial charge in [0.25, 0.3) is 0 Å². The third kappa shape index (κ3) is 6.93. The standard InChI is InChI=1S/C17H24O4/c1-2-3-4-5-6-7-13-8-9-14(11-16(18)19)15(10-13)12-17(20)21/h8-10H,2-7,11-12H2,1H3,(H,18,19)(H,20,21). The zero-order chi connectivity index (χ0) is 15.7. The number of rotatable bonds is 10. The lowest BCUT2D eigenvalue weighted by atomic mass is 9.96. The van der Waals surface area contributed by atoms with Crippen LogP contribution in [0.4, 0.5) is 0 Å². The lowest BCUT2D eigenvalue weighted by molar-refractivity contribution is -0.137. The van der Waals surface area contributed by atoms with Crippen molar-refractivity contribution in [2.24, 2.45) is 0 Å². The SMILES string of the molecule is CCCCCCCc1ccc(CC(=O)O)c(CC(=O)O)c1. The van der Waals surface area contributed by atoms with Gasteiger partial charge in [0, 0.05) is 0 Å². The molecule has 0 atom stereocenters. The second kappa shape index (κ2) is 9.16. The fourth-order valence-corrected chi connectivity index (χ4v) is 2.43. The number of carboxylic acids is 2. The second-order valence-corrected chi connectivity index (χ2v) is 5.41. The van der Waals surface area contributed by atoms with Crippen molar-refractivity contribution in [3.8, 4) is 0 Å². The average Bonchev–Trinajstić information content (AvgIpc) is 2.40. The minimum absolute atomic E-state index is 0.119. The maximum Gasteiger partial charge on any atom is 0.307 e. The molecule has 0 unspecified atom stereocenters. The van der Waals surface area contributed by atoms with Crippen molar-refractivity contribution in [3.63, 3.8) is 0 Å². The van der Waals surface area contributed by atoms with Crippen LogP contribution < -0.4 is 0 Å². The summed E-state index contributed by atoms with van der Waals surface area (Å²) in [6.07, 6.45) is 6.64. The molecule has 116 valence electrons. The van der Waals surface area contributed by atoms with E-state index in [0.717, 1.165) is 18.4 Å². The molecular formula is C17H24O4. The molecule has 0 aliphatic rings. The highest BCUT2D eigenvalue weighted by Crippen LogP contribution is 2.17. The summed E-state index contributed by atoms with van der Waals surface area (Å²) in [6, 6.07) is 5.53. The molecule has 4 nitrogen and oxygen atoms in total. The Balaban J connectivity index is 2.69. The van der Waals surface area contributed by atoms with Gasteiger partial charge >= 0.3 is 11.9 Å². The van der Waals surface area contributed by atoms with Gasteiger partial charge in [0.15, 0.2) is 0 Å². The molecule has 0 bridgehead atoms. The summed E-state index contributed by atoms with van der Waals surface area (Å²) >= 11 is 0. The third-order valence-electron chi connectivity index (χ3n) is 3.52. The van der Waals surface area contributed by atoms with Gasteiger partial charge in [-0.25, -0.2) is 0 Å². The molecule has 0 aromatic heterocycles. The monoisotopic (exact) mass is 292 g/mol. The average molecular weight is 292 g/mol. The van der Waals surface area contributed by atoms with Crippen LogP contribution in [0.3, 0.4) is 0 Å². The lowest BCUT2D eigenvalue weighted by Gasteiger charge is -2.09. The number of aliphatic carboxylic acids is 2. The highest BCUT2D eigenvalue weighted by Gasteiger charge is 2.11. The van der Waals surface area contributed by atoms with E-state index in [1.807, 2.05) is 12.1 Å². The van der Waals surface area contributed by atoms with Crippen LogP contribution in [0.2, 0.25) is 0 Å². The molecule has 0 fully saturated rings. The number of hydrogen-bond acceptors (Lipinski definition) is 2. The summed E-state index contributed by atoms with van der Waals surface area (Å²) in [5.74, 6) is -1.87. The molecule has 1 aromatic rings. The van der Waals surface area contributed by atoms with Gasteiger partial charge in [-0.1, -0.05) is 50.8 Å². The van der Waals surface area contributed by atoms with Gasteiger partial charge in [0.1, 0.15) is 0 Å². The summed E-state index contributed by atoms with van der Waals surface area (Å²) in [7, 11) is 0. The molecule has 0 saturated carbocycles. The van der Waals surface area contributed by atoms with Gasteiger partial charge in [-0.3, -0.25) is 9.59 Å². The van der Waals surface area contributed by atoms with Gasteiger partial charge in [-0.2, -0.15) is 0 Å². The molecule has 0 spiro atoms. The van der Waals surface area contributed by atoms with Crippen molar-refractivity contribution in [2.75, 3.05) is 0 Å². The summed E-state index contributed by atoms with van der Waals surface area (Å²) in [5.41, 5.74) is 2.31. The Labute approximate surface area is 125 Å². The maximum atomic E-state index is 10.9. The van der Waals surface area contributed by atoms with Crippen LogP contribution in [0.5, 0.6) is 0 Å². The molecule has 21 heavy (non-hydrogen) atoms. The summed E-state index contributed by atoms with van der Waals surface area (Å²) in [5, 5.41) is 17.8. The highest BCUT2D eigenvalue weighted by molar-refractivity contribution is 5.74. The Kier molecular flexibility index (Phi) is 7.51. The van der Waals surface area contributed by atoms with Gasteiger partial charge in [-0.05, 0) is 29.5 Å². The molecule has 1 aromatic carbocycles. The molecule has 2 N–H and O–H groups in total. The molecule has 0 heterocycles. The number of carbonyl (C=O) groups is 2. The summed E-state index contributed by atoms with van der Waals surface area (Å²) in [4.78, 5) is 21.7. The van der Waals surface area contributed by atoms with E-state index in [0.29, 0.717) is 11.1 Å². The Morgan fingerprint density at radius 3 is 2.14 bits per heavy atom. The number of unbranched alkanes of at least 4 members (excludes halogenated alkanes) is 4. The van der Waals surface area contributed by atoms with Crippen molar-refractivity contribution in [2.45, 2.75) is 58.3 Å². The number of carboxylic acid groups (broad SMARTS) is 2. The van der Waals surface area contributed by atoms with Crippen LogP contribution in [0.1, 0.15) is 55.7 Å². The lowest BCUT2D eigenvalue weighted by Crippen LogP contribution is -2.08. The minimum Gasteiger partial charge on any atom is -0.481 e. The van der Waals surface area contributed by atoms with Crippen LogP contribution in [0.15, 0.2) is 18.2 Å². The van der Waals surface area contributed by atoms with Crippen LogP contribution in [0.25, 0.3) is 0 Å². The molecular weight excluding hydrogens is 268 g/mol. The van der Waals surface area contributed by atoms with Crippen LogP contribution in [0, 0.1) is 0 Å². The van der Waals surface area contributed by atoms with Crippen molar-refractivity contribution >= 4 is 11.9 Å². The van der Waals surface area contributed by atoms with E-state index < -0.39 is 11.9 Å². The second-order valence-electron chi connectivity index (χ2n) is 5.41. The van der Waals surface area contributed by atoms with Crippen molar-refractivity contribution < 1.29 is 19.8 Å². The fourth-order valence-electron chi connectivity index (χ4n) is 2.43. The first-order chi connectivity index (χ1) is 10.0. The fraction of sp³-hybridized carbons (Fsp3) is 0.529. The Hall–Kier alpha value is -1.84. The molecule has 0 saturated heterocycles. The summed E-state index contributed by atoms with van der Waals surface area (Å²) < 4.78 is 0. The number of hydrogen-bond donors (Lipinski definition) is 2. The molecule has 0 aliphatic carbocycles. The first-order valence-corrected chi connectivity index (χ1v) is 7.57. The highest BCUT2D eigenvalue weighted by atomic mass is 16.4. The number of aryl methyl sites for hydroxylation is 1. The number of benzene rings is 1. The summed E-state index contributed by atoms with van der Waals surface area (Å²) in [6.45, 7) is 2.18. The zero-order valence-electron chi connectivity index (χ0n) is 12.6. The Bertz CT molecular complexity index is 480. The first-order valence-electron chi connectivity index (χ1n) is 7.57. The van der Waals surface area contributed by atoms with E-state index in [4.69, 9.17) is 10.2 Å². The van der Waals surface area contributed by atoms with Crippen molar-refractivity contribution in [1.29, 1.82) is 0 Å². The van der Waals surface area contributed by atoms with E-state index in [1.54, 1.807) is 6.07 Å². The smallest absolute Gasteiger partial charge is 0.307 e. The molecule has 0 radical (unpaired) electrons. The van der Waals surface area contributed by atoms with Gasteiger partial charge in [0.05, 0.1) is 12.8 Å². The van der Waals surface area contributed by atoms with Crippen molar-refractivity contribution in [3.05, 3.63) is 34.9 Å². The Morgan fingerprint density at radius 2 is 1.52 bits per heavy atom. The Morgan fingerprint density at radius 1 is 0.905 bits per heavy atom. The van der Waals surface area contributed by atoms with Crippen LogP contribution >= 0.6 is 0 Å². The van der Waals surface area contributed by atoms with E-state index >= 15 is 0 Å². The van der Waals surface area contributed by atoms with E-state index in [1.165, 1.54) is 25.7 Å². The van der Waals surface area contributed by atoms with E-state index in [9.17, 15) is 9.59 Å². The largest absolute Gasteiger partial charge is 0.481 e. The predicted octanol–water partition coefficient (Wildman–Crippen LogP) is 3.45. The molecule has 0 aliphatic heterocycles. The van der Waals surface area contributed by atoms with Gasteiger partial charge < -0.3 is 10.2 Å². The van der Waals surface area contributed by atoms with Crippen LogP contribution in [-0.2, 0) is 28.9 Å². The quantitative estimate of drug-likeness (QED) is 0.648. The van der Waals surface area contributed by atoms with Crippen molar-refractivity contribution in [1.82, 2.24) is 0 Å². The predicted molar refractivity (Wildman–Crippen MR) is 81.6 cm³/mol. The van der Waals surface area contributed by atoms with Gasteiger partial charge in [-0.15, -0.1) is 0 Å². The zero-order valence-corrected chi connectivity index (χ0v) is 12.6. The third-order valence-corrected chi connectivity index (χ3v) is 3.52. The molecule has 1 rings (SSSR count). The van der Waals surface area contributed by atoms with E-state index in [-0.39, 0.29) is 12.8 Å². The van der Waals surface area contributed by atoms with Gasteiger partial charge in [0.2, 0.25) is 0 Å². The normalized spacial score (nSPS) is 10.5. The first kappa shape index (κ1) is 17.2. The maximum absolute atomic E-state index is 10.9.